The number of aryl methyl sites for hydroxylation is 1. The number of hydrogen-bond donors (Lipinski definition) is 2. The summed E-state index contributed by atoms with van der Waals surface area (Å²) in [5, 5.41) is 8.03. The lowest BCUT2D eigenvalue weighted by atomic mass is 10.2. The van der Waals surface area contributed by atoms with Crippen molar-refractivity contribution in [1.82, 2.24) is 20.2 Å². The van der Waals surface area contributed by atoms with Gasteiger partial charge in [-0.25, -0.2) is 0 Å². The number of hydrazone groups is 1. The maximum Gasteiger partial charge on any atom is 0.187 e. The molecule has 0 atom stereocenters. The van der Waals surface area contributed by atoms with Crippen molar-refractivity contribution in [3.8, 4) is 11.4 Å². The van der Waals surface area contributed by atoms with Gasteiger partial charge in [-0.1, -0.05) is 0 Å². The maximum atomic E-state index is 5.54. The number of thiocarbonyl (C=S) groups is 1. The van der Waals surface area contributed by atoms with E-state index in [0.29, 0.717) is 11.7 Å². The van der Waals surface area contributed by atoms with Gasteiger partial charge in [0.25, 0.3) is 0 Å². The van der Waals surface area contributed by atoms with E-state index in [1.807, 2.05) is 25.3 Å². The molecule has 162 valence electrons. The minimum Gasteiger partial charge on any atom is -0.494 e. The fourth-order valence-corrected chi connectivity index (χ4v) is 3.68. The molecule has 2 N–H and O–H groups in total. The van der Waals surface area contributed by atoms with Gasteiger partial charge in [-0.2, -0.15) is 5.10 Å². The number of nitrogens with one attached hydrogen (secondary N) is 2. The number of hydrogen-bond acceptors (Lipinski definition) is 5. The highest BCUT2D eigenvalue weighted by Gasteiger charge is 2.10. The van der Waals surface area contributed by atoms with E-state index >= 15 is 0 Å². The lowest BCUT2D eigenvalue weighted by molar-refractivity contribution is 0.0389. The van der Waals surface area contributed by atoms with Crippen molar-refractivity contribution in [1.29, 1.82) is 0 Å². The van der Waals surface area contributed by atoms with Gasteiger partial charge in [0.1, 0.15) is 5.75 Å². The van der Waals surface area contributed by atoms with E-state index in [1.54, 1.807) is 0 Å². The maximum absolute atomic E-state index is 5.54. The summed E-state index contributed by atoms with van der Waals surface area (Å²) in [6, 6.07) is 10.2. The zero-order valence-corrected chi connectivity index (χ0v) is 18.8. The third-order valence-electron chi connectivity index (χ3n) is 5.06. The molecule has 1 fully saturated rings. The van der Waals surface area contributed by atoms with Gasteiger partial charge < -0.3 is 19.4 Å². The zero-order valence-electron chi connectivity index (χ0n) is 18.0. The predicted octanol–water partition coefficient (Wildman–Crippen LogP) is 2.62. The first-order valence-electron chi connectivity index (χ1n) is 10.4. The molecule has 0 aliphatic carbocycles. The van der Waals surface area contributed by atoms with Gasteiger partial charge in [0.2, 0.25) is 0 Å². The highest BCUT2D eigenvalue weighted by Crippen LogP contribution is 2.22. The second-order valence-electron chi connectivity index (χ2n) is 7.17. The highest BCUT2D eigenvalue weighted by molar-refractivity contribution is 7.80. The summed E-state index contributed by atoms with van der Waals surface area (Å²) in [6.07, 6.45) is 1.81. The minimum absolute atomic E-state index is 0.528. The van der Waals surface area contributed by atoms with E-state index in [2.05, 4.69) is 57.4 Å². The van der Waals surface area contributed by atoms with Gasteiger partial charge in [0.05, 0.1) is 26.0 Å². The molecule has 2 heterocycles. The molecule has 0 spiro atoms. The highest BCUT2D eigenvalue weighted by atomic mass is 32.1. The number of rotatable bonds is 8. The van der Waals surface area contributed by atoms with Crippen molar-refractivity contribution in [2.45, 2.75) is 20.8 Å². The van der Waals surface area contributed by atoms with E-state index in [-0.39, 0.29) is 0 Å². The molecule has 1 aromatic carbocycles. The summed E-state index contributed by atoms with van der Waals surface area (Å²) in [4.78, 5) is 2.36. The molecule has 0 saturated carbocycles. The Hall–Kier alpha value is -2.42. The van der Waals surface area contributed by atoms with E-state index in [1.165, 1.54) is 0 Å². The molecule has 8 heteroatoms. The summed E-state index contributed by atoms with van der Waals surface area (Å²) in [6.45, 7) is 12.1. The van der Waals surface area contributed by atoms with Gasteiger partial charge in [-0.3, -0.25) is 10.3 Å². The number of ether oxygens (including phenoxy) is 2. The SMILES string of the molecule is CCOc1ccc(-n2c(C)cc(/C=N\NC(=S)NCCN3CCOCC3)c2C)cc1. The van der Waals surface area contributed by atoms with Crippen LogP contribution in [0.2, 0.25) is 0 Å². The van der Waals surface area contributed by atoms with Crippen LogP contribution in [0.4, 0.5) is 0 Å². The van der Waals surface area contributed by atoms with Gasteiger partial charge in [-0.05, 0) is 63.3 Å². The number of aromatic nitrogens is 1. The first kappa shape index (κ1) is 22.3. The van der Waals surface area contributed by atoms with E-state index in [9.17, 15) is 0 Å². The molecule has 1 aliphatic heterocycles. The Morgan fingerprint density at radius 2 is 1.97 bits per heavy atom. The average Bonchev–Trinajstić information content (AvgIpc) is 3.03. The predicted molar refractivity (Wildman–Crippen MR) is 125 cm³/mol. The number of morpholine rings is 1. The summed E-state index contributed by atoms with van der Waals surface area (Å²) in [5.41, 5.74) is 7.31. The monoisotopic (exact) mass is 429 g/mol. The van der Waals surface area contributed by atoms with Crippen LogP contribution in [0.5, 0.6) is 5.75 Å². The van der Waals surface area contributed by atoms with E-state index in [4.69, 9.17) is 21.7 Å². The minimum atomic E-state index is 0.528. The van der Waals surface area contributed by atoms with E-state index < -0.39 is 0 Å². The Morgan fingerprint density at radius 3 is 2.67 bits per heavy atom. The van der Waals surface area contributed by atoms with Crippen LogP contribution in [0.1, 0.15) is 23.9 Å². The molecule has 0 unspecified atom stereocenters. The molecule has 30 heavy (non-hydrogen) atoms. The topological polar surface area (TPSA) is 63.0 Å². The van der Waals surface area contributed by atoms with Crippen molar-refractivity contribution in [2.24, 2.45) is 5.10 Å². The molecule has 0 radical (unpaired) electrons. The first-order valence-corrected chi connectivity index (χ1v) is 10.8. The lowest BCUT2D eigenvalue weighted by Crippen LogP contribution is -2.42. The van der Waals surface area contributed by atoms with Crippen molar-refractivity contribution in [2.75, 3.05) is 46.0 Å². The Labute approximate surface area is 184 Å². The van der Waals surface area contributed by atoms with Crippen LogP contribution in [0.15, 0.2) is 35.4 Å². The molecule has 2 aromatic rings. The molecule has 3 rings (SSSR count). The Kier molecular flexibility index (Phi) is 8.24. The Morgan fingerprint density at radius 1 is 1.23 bits per heavy atom. The van der Waals surface area contributed by atoms with Crippen LogP contribution in [0.25, 0.3) is 5.69 Å². The van der Waals surface area contributed by atoms with Gasteiger partial charge in [0, 0.05) is 48.8 Å². The van der Waals surface area contributed by atoms with Crippen molar-refractivity contribution < 1.29 is 9.47 Å². The Balaban J connectivity index is 1.53. The smallest absolute Gasteiger partial charge is 0.187 e. The second kappa shape index (κ2) is 11.1. The molecule has 0 amide bonds. The van der Waals surface area contributed by atoms with Crippen molar-refractivity contribution in [3.05, 3.63) is 47.3 Å². The average molecular weight is 430 g/mol. The fourth-order valence-electron chi connectivity index (χ4n) is 3.53. The van der Waals surface area contributed by atoms with Gasteiger partial charge in [-0.15, -0.1) is 0 Å². The largest absolute Gasteiger partial charge is 0.494 e. The van der Waals surface area contributed by atoms with Gasteiger partial charge >= 0.3 is 0 Å². The second-order valence-corrected chi connectivity index (χ2v) is 7.58. The fraction of sp³-hybridized carbons (Fsp3) is 0.455. The van der Waals surface area contributed by atoms with Crippen molar-refractivity contribution in [3.63, 3.8) is 0 Å². The molecule has 1 aliphatic rings. The van der Waals surface area contributed by atoms with Crippen LogP contribution in [0.3, 0.4) is 0 Å². The molecule has 1 saturated heterocycles. The quantitative estimate of drug-likeness (QED) is 0.382. The normalized spacial score (nSPS) is 14.8. The zero-order chi connectivity index (χ0) is 21.3. The van der Waals surface area contributed by atoms with Crippen LogP contribution in [-0.2, 0) is 4.74 Å². The third-order valence-corrected chi connectivity index (χ3v) is 5.30. The molecular weight excluding hydrogens is 398 g/mol. The third kappa shape index (κ3) is 6.04. The van der Waals surface area contributed by atoms with E-state index in [0.717, 1.165) is 67.8 Å². The Bertz CT molecular complexity index is 857. The summed E-state index contributed by atoms with van der Waals surface area (Å²) < 4.78 is 13.1. The first-order chi connectivity index (χ1) is 14.6. The van der Waals surface area contributed by atoms with Crippen molar-refractivity contribution >= 4 is 23.5 Å². The lowest BCUT2D eigenvalue weighted by Gasteiger charge is -2.26. The molecular formula is C22H31N5O2S. The number of benzene rings is 1. The van der Waals surface area contributed by atoms with Crippen LogP contribution in [0, 0.1) is 13.8 Å². The van der Waals surface area contributed by atoms with Gasteiger partial charge in [0.15, 0.2) is 5.11 Å². The molecule has 0 bridgehead atoms. The summed E-state index contributed by atoms with van der Waals surface area (Å²) in [7, 11) is 0. The van der Waals surface area contributed by atoms with Crippen LogP contribution < -0.4 is 15.5 Å². The summed E-state index contributed by atoms with van der Waals surface area (Å²) >= 11 is 5.31. The number of nitrogens with zero attached hydrogens (tertiary/aromatic N) is 3. The standard InChI is InChI=1S/C22H31N5O2S/c1-4-29-21-7-5-20(6-8-21)27-17(2)15-19(18(27)3)16-24-25-22(30)23-9-10-26-11-13-28-14-12-26/h5-8,15-16H,4,9-14H2,1-3H3,(H2,23,25,30)/b24-16-. The summed E-state index contributed by atoms with van der Waals surface area (Å²) in [5.74, 6) is 0.879. The molecule has 1 aromatic heterocycles. The van der Waals surface area contributed by atoms with Crippen LogP contribution in [-0.4, -0.2) is 66.8 Å². The van der Waals surface area contributed by atoms with Crippen LogP contribution >= 0.6 is 12.2 Å². The molecule has 7 nitrogen and oxygen atoms in total.